The molecule has 0 atom stereocenters. The molecule has 0 unspecified atom stereocenters. The van der Waals surface area contributed by atoms with Crippen molar-refractivity contribution in [3.8, 4) is 17.6 Å². The van der Waals surface area contributed by atoms with Gasteiger partial charge in [0.15, 0.2) is 0 Å². The van der Waals surface area contributed by atoms with Gasteiger partial charge in [-0.1, -0.05) is 36.1 Å². The highest BCUT2D eigenvalue weighted by Gasteiger charge is 2.56. The molecule has 1 spiro atoms. The van der Waals surface area contributed by atoms with E-state index < -0.39 is 11.1 Å². The van der Waals surface area contributed by atoms with Gasteiger partial charge < -0.3 is 14.7 Å². The van der Waals surface area contributed by atoms with Crippen molar-refractivity contribution in [2.45, 2.75) is 50.9 Å². The molecule has 2 heterocycles. The van der Waals surface area contributed by atoms with Crippen molar-refractivity contribution in [1.82, 2.24) is 14.7 Å². The zero-order valence-corrected chi connectivity index (χ0v) is 20.9. The van der Waals surface area contributed by atoms with Crippen molar-refractivity contribution in [3.63, 3.8) is 0 Å². The number of carbonyl (C=O) groups is 2. The van der Waals surface area contributed by atoms with Crippen molar-refractivity contribution in [1.29, 1.82) is 0 Å². The van der Waals surface area contributed by atoms with E-state index in [-0.39, 0.29) is 18.5 Å². The number of hydrogen-bond acceptors (Lipinski definition) is 5. The Morgan fingerprint density at radius 2 is 1.54 bits per heavy atom. The maximum atomic E-state index is 13.5. The number of piperidine rings is 1. The fourth-order valence-electron chi connectivity index (χ4n) is 4.71. The Morgan fingerprint density at radius 1 is 0.971 bits per heavy atom. The van der Waals surface area contributed by atoms with Crippen LogP contribution >= 0.6 is 0 Å². The number of methoxy groups -OCH3 is 1. The SMILES string of the molecule is COc1ccc(CN2C(=O)N(C)C3(CCN(Cc4ccc(C#CC(C)(C)O)cc4)CC3)C2=O)cc1. The number of aliphatic hydroxyl groups is 1. The Balaban J connectivity index is 1.37. The first kappa shape index (κ1) is 24.8. The van der Waals surface area contributed by atoms with E-state index in [0.29, 0.717) is 12.8 Å². The number of nitrogens with zero attached hydrogens (tertiary/aromatic N) is 3. The van der Waals surface area contributed by atoms with Gasteiger partial charge >= 0.3 is 6.03 Å². The molecule has 2 aromatic carbocycles. The summed E-state index contributed by atoms with van der Waals surface area (Å²) in [6, 6.07) is 15.2. The number of benzene rings is 2. The quantitative estimate of drug-likeness (QED) is 0.531. The molecule has 7 nitrogen and oxygen atoms in total. The summed E-state index contributed by atoms with van der Waals surface area (Å²) in [5.41, 5.74) is 1.14. The average molecular weight is 476 g/mol. The molecular weight excluding hydrogens is 442 g/mol. The van der Waals surface area contributed by atoms with Crippen molar-refractivity contribution in [3.05, 3.63) is 65.2 Å². The van der Waals surface area contributed by atoms with Crippen LogP contribution in [0.5, 0.6) is 5.75 Å². The molecule has 0 aromatic heterocycles. The van der Waals surface area contributed by atoms with Gasteiger partial charge in [-0.15, -0.1) is 0 Å². The maximum absolute atomic E-state index is 13.5. The molecule has 4 rings (SSSR count). The molecule has 2 aromatic rings. The van der Waals surface area contributed by atoms with Crippen LogP contribution in [0.1, 0.15) is 43.4 Å². The summed E-state index contributed by atoms with van der Waals surface area (Å²) in [5, 5.41) is 9.76. The van der Waals surface area contributed by atoms with Crippen molar-refractivity contribution >= 4 is 11.9 Å². The minimum Gasteiger partial charge on any atom is -0.497 e. The van der Waals surface area contributed by atoms with Gasteiger partial charge in [0.2, 0.25) is 0 Å². The van der Waals surface area contributed by atoms with E-state index in [4.69, 9.17) is 4.74 Å². The molecule has 0 radical (unpaired) electrons. The van der Waals surface area contributed by atoms with Gasteiger partial charge in [0, 0.05) is 32.2 Å². The number of imide groups is 1. The molecule has 0 aliphatic carbocycles. The number of ether oxygens (including phenoxy) is 1. The summed E-state index contributed by atoms with van der Waals surface area (Å²) >= 11 is 0. The van der Waals surface area contributed by atoms with E-state index in [9.17, 15) is 14.7 Å². The number of urea groups is 1. The second-order valence-electron chi connectivity index (χ2n) is 9.89. The summed E-state index contributed by atoms with van der Waals surface area (Å²) in [6.45, 7) is 5.84. The molecule has 7 heteroatoms. The summed E-state index contributed by atoms with van der Waals surface area (Å²) in [5.74, 6) is 6.45. The van der Waals surface area contributed by atoms with Crippen LogP contribution in [0.25, 0.3) is 0 Å². The first-order valence-electron chi connectivity index (χ1n) is 11.9. The van der Waals surface area contributed by atoms with Gasteiger partial charge in [-0.3, -0.25) is 14.6 Å². The lowest BCUT2D eigenvalue weighted by Gasteiger charge is -2.40. The van der Waals surface area contributed by atoms with Crippen LogP contribution in [0, 0.1) is 11.8 Å². The Bertz CT molecular complexity index is 1130. The molecule has 35 heavy (non-hydrogen) atoms. The Labute approximate surface area is 207 Å². The lowest BCUT2D eigenvalue weighted by molar-refractivity contribution is -0.135. The topological polar surface area (TPSA) is 73.3 Å². The first-order chi connectivity index (χ1) is 16.6. The Morgan fingerprint density at radius 3 is 2.11 bits per heavy atom. The lowest BCUT2D eigenvalue weighted by atomic mass is 9.86. The predicted molar refractivity (Wildman–Crippen MR) is 134 cm³/mol. The molecule has 2 aliphatic rings. The van der Waals surface area contributed by atoms with Gasteiger partial charge in [-0.2, -0.15) is 0 Å². The average Bonchev–Trinajstić information content (AvgIpc) is 3.01. The molecular formula is C28H33N3O4. The van der Waals surface area contributed by atoms with Crippen molar-refractivity contribution < 1.29 is 19.4 Å². The Kier molecular flexibility index (Phi) is 6.88. The summed E-state index contributed by atoms with van der Waals surface area (Å²) in [4.78, 5) is 31.8. The summed E-state index contributed by atoms with van der Waals surface area (Å²) in [6.07, 6.45) is 1.23. The molecule has 0 saturated carbocycles. The van der Waals surface area contributed by atoms with Gasteiger partial charge in [0.25, 0.3) is 5.91 Å². The highest BCUT2D eigenvalue weighted by Crippen LogP contribution is 2.37. The van der Waals surface area contributed by atoms with Crippen molar-refractivity contribution in [2.24, 2.45) is 0 Å². The van der Waals surface area contributed by atoms with Crippen LogP contribution in [0.15, 0.2) is 48.5 Å². The van der Waals surface area contributed by atoms with E-state index in [1.807, 2.05) is 48.5 Å². The zero-order chi connectivity index (χ0) is 25.2. The maximum Gasteiger partial charge on any atom is 0.327 e. The number of carbonyl (C=O) groups excluding carboxylic acids is 2. The van der Waals surface area contributed by atoms with E-state index in [1.165, 1.54) is 4.90 Å². The molecule has 184 valence electrons. The third-order valence-corrected chi connectivity index (χ3v) is 6.86. The van der Waals surface area contributed by atoms with Crippen LogP contribution in [-0.4, -0.2) is 70.1 Å². The lowest BCUT2D eigenvalue weighted by Crippen LogP contribution is -2.55. The third-order valence-electron chi connectivity index (χ3n) is 6.86. The van der Waals surface area contributed by atoms with Crippen LogP contribution in [0.4, 0.5) is 4.79 Å². The Hall–Kier alpha value is -3.34. The number of likely N-dealkylation sites (tertiary alicyclic amines) is 1. The molecule has 0 bridgehead atoms. The van der Waals surface area contributed by atoms with Crippen LogP contribution in [0.2, 0.25) is 0 Å². The molecule has 2 fully saturated rings. The zero-order valence-electron chi connectivity index (χ0n) is 20.9. The monoisotopic (exact) mass is 475 g/mol. The number of hydrogen-bond donors (Lipinski definition) is 1. The van der Waals surface area contributed by atoms with Crippen LogP contribution < -0.4 is 4.74 Å². The largest absolute Gasteiger partial charge is 0.497 e. The van der Waals surface area contributed by atoms with Gasteiger partial charge in [0.05, 0.1) is 13.7 Å². The summed E-state index contributed by atoms with van der Waals surface area (Å²) in [7, 11) is 3.36. The highest BCUT2D eigenvalue weighted by molar-refractivity contribution is 6.06. The molecule has 1 N–H and O–H groups in total. The minimum absolute atomic E-state index is 0.102. The smallest absolute Gasteiger partial charge is 0.327 e. The van der Waals surface area contributed by atoms with E-state index in [0.717, 1.165) is 42.1 Å². The number of rotatable bonds is 5. The number of likely N-dealkylation sites (N-methyl/N-ethyl adjacent to an activating group) is 1. The van der Waals surface area contributed by atoms with Crippen LogP contribution in [0.3, 0.4) is 0 Å². The number of amides is 3. The van der Waals surface area contributed by atoms with Gasteiger partial charge in [-0.25, -0.2) is 4.79 Å². The van der Waals surface area contributed by atoms with E-state index in [1.54, 1.807) is 32.9 Å². The second-order valence-corrected chi connectivity index (χ2v) is 9.89. The molecule has 2 aliphatic heterocycles. The fourth-order valence-corrected chi connectivity index (χ4v) is 4.71. The molecule has 2 saturated heterocycles. The standard InChI is InChI=1S/C28H33N3O4/c1-27(2,34)14-13-21-5-7-22(8-6-21)19-30-17-15-28(16-18-30)25(32)31(26(33)29(28)3)20-23-9-11-24(35-4)12-10-23/h5-12,34H,15-20H2,1-4H3. The predicted octanol–water partition coefficient (Wildman–Crippen LogP) is 3.25. The summed E-state index contributed by atoms with van der Waals surface area (Å²) < 4.78 is 5.19. The minimum atomic E-state index is -1.02. The van der Waals surface area contributed by atoms with Gasteiger partial charge in [0.1, 0.15) is 16.9 Å². The van der Waals surface area contributed by atoms with Crippen molar-refractivity contribution in [2.75, 3.05) is 27.2 Å². The van der Waals surface area contributed by atoms with E-state index >= 15 is 0 Å². The van der Waals surface area contributed by atoms with E-state index in [2.05, 4.69) is 16.7 Å². The van der Waals surface area contributed by atoms with Crippen LogP contribution in [-0.2, 0) is 17.9 Å². The second kappa shape index (κ2) is 9.73. The fraction of sp³-hybridized carbons (Fsp3) is 0.429. The first-order valence-corrected chi connectivity index (χ1v) is 11.9. The molecule has 3 amide bonds. The normalized spacial score (nSPS) is 18.1. The highest BCUT2D eigenvalue weighted by atomic mass is 16.5. The van der Waals surface area contributed by atoms with Gasteiger partial charge in [-0.05, 0) is 62.1 Å². The third kappa shape index (κ3) is 5.34.